The first-order valence-electron chi connectivity index (χ1n) is 13.9. The van der Waals surface area contributed by atoms with Gasteiger partial charge in [-0.15, -0.1) is 0 Å². The van der Waals surface area contributed by atoms with Crippen LogP contribution in [0.3, 0.4) is 0 Å². The van der Waals surface area contributed by atoms with Gasteiger partial charge < -0.3 is 24.6 Å². The van der Waals surface area contributed by atoms with E-state index in [1.165, 1.54) is 4.90 Å². The van der Waals surface area contributed by atoms with Gasteiger partial charge >= 0.3 is 6.18 Å². The van der Waals surface area contributed by atoms with Crippen LogP contribution in [0.25, 0.3) is 0 Å². The number of anilines is 4. The molecule has 220 valence electrons. The maximum absolute atomic E-state index is 14.1. The second-order valence-electron chi connectivity index (χ2n) is 10.7. The van der Waals surface area contributed by atoms with Crippen LogP contribution in [0.2, 0.25) is 0 Å². The Morgan fingerprint density at radius 2 is 1.85 bits per heavy atom. The number of nitrogens with zero attached hydrogens (tertiary/aromatic N) is 7. The molecule has 3 aliphatic heterocycles. The third-order valence-corrected chi connectivity index (χ3v) is 8.34. The molecule has 1 spiro atoms. The lowest BCUT2D eigenvalue weighted by molar-refractivity contribution is -0.169. The van der Waals surface area contributed by atoms with E-state index in [4.69, 9.17) is 14.9 Å². The van der Waals surface area contributed by atoms with Gasteiger partial charge in [0.1, 0.15) is 17.7 Å². The van der Waals surface area contributed by atoms with E-state index in [0.717, 1.165) is 17.7 Å². The fraction of sp³-hybridized carbons (Fsp3) is 0.615. The van der Waals surface area contributed by atoms with E-state index in [1.807, 2.05) is 4.90 Å². The maximum Gasteiger partial charge on any atom is 0.408 e. The highest BCUT2D eigenvalue weighted by Gasteiger charge is 2.56. The van der Waals surface area contributed by atoms with E-state index in [1.54, 1.807) is 19.4 Å². The average Bonchev–Trinajstić information content (AvgIpc) is 3.72. The molecule has 1 amide bonds. The number of morpholine rings is 1. The average molecular weight is 576 g/mol. The van der Waals surface area contributed by atoms with Crippen molar-refractivity contribution in [3.63, 3.8) is 0 Å². The monoisotopic (exact) mass is 575 g/mol. The fourth-order valence-electron chi connectivity index (χ4n) is 6.36. The number of hydrogen-bond donors (Lipinski definition) is 2. The number of rotatable bonds is 5. The summed E-state index contributed by atoms with van der Waals surface area (Å²) in [5.74, 6) is 1.38. The summed E-state index contributed by atoms with van der Waals surface area (Å²) in [7, 11) is 1.70. The Labute approximate surface area is 234 Å². The summed E-state index contributed by atoms with van der Waals surface area (Å²) >= 11 is 0. The molecule has 12 nitrogen and oxygen atoms in total. The number of alkyl halides is 3. The lowest BCUT2D eigenvalue weighted by atomic mass is 9.80. The zero-order valence-electron chi connectivity index (χ0n) is 22.7. The molecule has 41 heavy (non-hydrogen) atoms. The maximum atomic E-state index is 14.1. The molecule has 2 saturated heterocycles. The van der Waals surface area contributed by atoms with Gasteiger partial charge in [0.15, 0.2) is 12.4 Å². The Kier molecular flexibility index (Phi) is 7.08. The minimum Gasteiger partial charge on any atom is -0.457 e. The van der Waals surface area contributed by atoms with Crippen molar-refractivity contribution in [2.45, 2.75) is 62.8 Å². The molecule has 0 aromatic carbocycles. The number of fused-ring (bicyclic) bond motifs is 2. The molecule has 2 aromatic heterocycles. The van der Waals surface area contributed by atoms with Gasteiger partial charge in [0.2, 0.25) is 11.9 Å². The standard InChI is InChI=1S/C26H32F3N9O3/c1-31-20-19-21(35-18(34-20)15-41-23(30)37-8-4-5-17(37)26(27,28)29)38(22(39)25(19)6-2-3-7-25)16-13-32-24(33-14-16)36-9-11-40-12-10-36/h13-14,17,30H,2-12,15H2,1H3,(H,31,34,35)/t17-/m1/s1. The van der Waals surface area contributed by atoms with Crippen LogP contribution in [0, 0.1) is 5.41 Å². The van der Waals surface area contributed by atoms with E-state index < -0.39 is 23.7 Å². The van der Waals surface area contributed by atoms with Gasteiger partial charge in [-0.2, -0.15) is 13.2 Å². The fourth-order valence-corrected chi connectivity index (χ4v) is 6.36. The summed E-state index contributed by atoms with van der Waals surface area (Å²) in [6.07, 6.45) is 2.05. The zero-order valence-corrected chi connectivity index (χ0v) is 22.7. The molecule has 1 aliphatic carbocycles. The molecule has 1 atom stereocenters. The zero-order chi connectivity index (χ0) is 28.8. The summed E-state index contributed by atoms with van der Waals surface area (Å²) in [4.78, 5) is 36.8. The Morgan fingerprint density at radius 3 is 2.51 bits per heavy atom. The van der Waals surface area contributed by atoms with Gasteiger partial charge in [-0.1, -0.05) is 12.8 Å². The van der Waals surface area contributed by atoms with E-state index >= 15 is 0 Å². The molecule has 0 bridgehead atoms. The Bertz CT molecular complexity index is 1310. The van der Waals surface area contributed by atoms with Crippen molar-refractivity contribution in [1.29, 1.82) is 5.41 Å². The first kappa shape index (κ1) is 27.4. The number of carbonyl (C=O) groups is 1. The number of likely N-dealkylation sites (tertiary alicyclic amines) is 1. The summed E-state index contributed by atoms with van der Waals surface area (Å²) in [6, 6.07) is -2.33. The molecule has 2 aromatic rings. The van der Waals surface area contributed by atoms with Crippen LogP contribution >= 0.6 is 0 Å². The number of carbonyl (C=O) groups excluding carboxylic acids is 1. The van der Waals surface area contributed by atoms with E-state index in [-0.39, 0.29) is 31.3 Å². The number of aromatic nitrogens is 4. The summed E-state index contributed by atoms with van der Waals surface area (Å²) in [6.45, 7) is 2.28. The number of amidine groups is 1. The highest BCUT2D eigenvalue weighted by Crippen LogP contribution is 2.54. The molecule has 6 rings (SSSR count). The van der Waals surface area contributed by atoms with Crippen molar-refractivity contribution < 1.29 is 27.4 Å². The van der Waals surface area contributed by atoms with Crippen LogP contribution in [-0.4, -0.2) is 88.9 Å². The molecule has 4 aliphatic rings. The minimum absolute atomic E-state index is 0.0833. The minimum atomic E-state index is -4.45. The number of hydrogen-bond acceptors (Lipinski definition) is 10. The summed E-state index contributed by atoms with van der Waals surface area (Å²) in [5.41, 5.74) is 0.357. The Balaban J connectivity index is 1.31. The van der Waals surface area contributed by atoms with Crippen LogP contribution in [0.1, 0.15) is 49.9 Å². The first-order chi connectivity index (χ1) is 19.7. The van der Waals surface area contributed by atoms with Crippen LogP contribution < -0.4 is 15.1 Å². The van der Waals surface area contributed by atoms with Gasteiger partial charge in [-0.3, -0.25) is 15.1 Å². The predicted octanol–water partition coefficient (Wildman–Crippen LogP) is 3.11. The lowest BCUT2D eigenvalue weighted by Gasteiger charge is -2.27. The van der Waals surface area contributed by atoms with Crippen molar-refractivity contribution in [2.75, 3.05) is 55.0 Å². The molecule has 2 N–H and O–H groups in total. The molecular weight excluding hydrogens is 543 g/mol. The first-order valence-corrected chi connectivity index (χ1v) is 13.9. The van der Waals surface area contributed by atoms with Crippen molar-refractivity contribution in [1.82, 2.24) is 24.8 Å². The highest BCUT2D eigenvalue weighted by atomic mass is 19.4. The Morgan fingerprint density at radius 1 is 1.15 bits per heavy atom. The molecular formula is C26H32F3N9O3. The third-order valence-electron chi connectivity index (χ3n) is 8.34. The van der Waals surface area contributed by atoms with E-state index in [9.17, 15) is 18.0 Å². The van der Waals surface area contributed by atoms with Crippen molar-refractivity contribution >= 4 is 35.2 Å². The number of halogens is 3. The second-order valence-corrected chi connectivity index (χ2v) is 10.7. The number of ether oxygens (including phenoxy) is 2. The van der Waals surface area contributed by atoms with Crippen LogP contribution in [0.4, 0.5) is 36.4 Å². The van der Waals surface area contributed by atoms with Crippen LogP contribution in [0.5, 0.6) is 0 Å². The number of amides is 1. The number of nitrogens with one attached hydrogen (secondary N) is 2. The van der Waals surface area contributed by atoms with Gasteiger partial charge in [-0.25, -0.2) is 19.9 Å². The van der Waals surface area contributed by atoms with Gasteiger partial charge in [0.05, 0.1) is 42.3 Å². The predicted molar refractivity (Wildman–Crippen MR) is 142 cm³/mol. The molecule has 1 saturated carbocycles. The van der Waals surface area contributed by atoms with Crippen LogP contribution in [0.15, 0.2) is 12.4 Å². The Hall–Kier alpha value is -3.75. The largest absolute Gasteiger partial charge is 0.457 e. The molecule has 0 radical (unpaired) electrons. The van der Waals surface area contributed by atoms with Crippen molar-refractivity contribution in [3.8, 4) is 0 Å². The van der Waals surface area contributed by atoms with Crippen molar-refractivity contribution in [2.24, 2.45) is 0 Å². The molecule has 5 heterocycles. The molecule has 3 fully saturated rings. The van der Waals surface area contributed by atoms with Gasteiger partial charge in [0, 0.05) is 26.7 Å². The topological polar surface area (TPSA) is 133 Å². The highest BCUT2D eigenvalue weighted by molar-refractivity contribution is 6.13. The second kappa shape index (κ2) is 10.6. The smallest absolute Gasteiger partial charge is 0.408 e. The van der Waals surface area contributed by atoms with Gasteiger partial charge in [-0.05, 0) is 25.7 Å². The normalized spacial score (nSPS) is 22.0. The summed E-state index contributed by atoms with van der Waals surface area (Å²) in [5, 5.41) is 11.3. The van der Waals surface area contributed by atoms with E-state index in [0.29, 0.717) is 74.4 Å². The summed E-state index contributed by atoms with van der Waals surface area (Å²) < 4.78 is 51.1. The van der Waals surface area contributed by atoms with Gasteiger partial charge in [0.25, 0.3) is 6.02 Å². The van der Waals surface area contributed by atoms with Crippen molar-refractivity contribution in [3.05, 3.63) is 23.8 Å². The van der Waals surface area contributed by atoms with Crippen LogP contribution in [-0.2, 0) is 26.3 Å². The molecule has 0 unspecified atom stereocenters. The molecule has 15 heteroatoms. The van der Waals surface area contributed by atoms with E-state index in [2.05, 4.69) is 25.3 Å². The lowest BCUT2D eigenvalue weighted by Crippen LogP contribution is -2.45. The SMILES string of the molecule is CNc1nc(COC(=N)N2CCC[C@@H]2C(F)(F)F)nc2c1C1(CCCC1)C(=O)N2c1cnc(N2CCOCC2)nc1. The third kappa shape index (κ3) is 4.79. The quantitative estimate of drug-likeness (QED) is 0.405.